The van der Waals surface area contributed by atoms with Gasteiger partial charge in [0.15, 0.2) is 5.69 Å². The lowest BCUT2D eigenvalue weighted by Crippen LogP contribution is -2.14. The van der Waals surface area contributed by atoms with Crippen molar-refractivity contribution in [2.75, 3.05) is 5.32 Å². The number of rotatable bonds is 4. The third-order valence-electron chi connectivity index (χ3n) is 4.17. The van der Waals surface area contributed by atoms with Crippen molar-refractivity contribution in [3.05, 3.63) is 96.2 Å². The Kier molecular flexibility index (Phi) is 4.82. The average Bonchev–Trinajstić information content (AvgIpc) is 3.17. The molecule has 5 nitrogen and oxygen atoms in total. The summed E-state index contributed by atoms with van der Waals surface area (Å²) < 4.78 is 42.0. The minimum atomic E-state index is -0.771. The highest BCUT2D eigenvalue weighted by Gasteiger charge is 2.18. The molecule has 0 atom stereocenters. The molecule has 4 aromatic rings. The Bertz CT molecular complexity index is 1170. The number of hydrogen-bond donors (Lipinski definition) is 1. The predicted octanol–water partition coefficient (Wildman–Crippen LogP) is 4.60. The maximum Gasteiger partial charge on any atom is 0.276 e. The van der Waals surface area contributed by atoms with E-state index in [4.69, 9.17) is 0 Å². The van der Waals surface area contributed by atoms with Crippen LogP contribution in [0.25, 0.3) is 16.9 Å². The van der Waals surface area contributed by atoms with Crippen molar-refractivity contribution in [1.82, 2.24) is 14.8 Å². The fourth-order valence-electron chi connectivity index (χ4n) is 2.78. The van der Waals surface area contributed by atoms with Gasteiger partial charge in [-0.2, -0.15) is 5.10 Å². The lowest BCUT2D eigenvalue weighted by molar-refractivity contribution is 0.102. The first kappa shape index (κ1) is 18.4. The lowest BCUT2D eigenvalue weighted by Gasteiger charge is -2.07. The Balaban J connectivity index is 1.75. The molecule has 0 bridgehead atoms. The van der Waals surface area contributed by atoms with Gasteiger partial charge in [0, 0.05) is 24.0 Å². The highest BCUT2D eigenvalue weighted by molar-refractivity contribution is 6.03. The van der Waals surface area contributed by atoms with Crippen LogP contribution in [-0.4, -0.2) is 20.7 Å². The van der Waals surface area contributed by atoms with Gasteiger partial charge in [0.25, 0.3) is 5.91 Å². The normalized spacial score (nSPS) is 10.7. The van der Waals surface area contributed by atoms with Crippen LogP contribution in [0.5, 0.6) is 0 Å². The molecule has 0 aliphatic rings. The number of anilines is 1. The molecule has 0 saturated carbocycles. The molecular weight excluding hydrogens is 381 g/mol. The molecule has 0 spiro atoms. The molecule has 0 fully saturated rings. The number of aromatic nitrogens is 3. The summed E-state index contributed by atoms with van der Waals surface area (Å²) >= 11 is 0. The summed E-state index contributed by atoms with van der Waals surface area (Å²) in [6.45, 7) is 0. The highest BCUT2D eigenvalue weighted by Crippen LogP contribution is 2.25. The van der Waals surface area contributed by atoms with Crippen molar-refractivity contribution in [3.8, 4) is 16.9 Å². The number of carbonyl (C=O) groups is 1. The Hall–Kier alpha value is -3.94. The van der Waals surface area contributed by atoms with Gasteiger partial charge in [0.05, 0.1) is 17.1 Å². The summed E-state index contributed by atoms with van der Waals surface area (Å²) in [5.74, 6) is -2.58. The number of nitrogens with zero attached hydrogens (tertiary/aromatic N) is 3. The molecule has 2 aromatic carbocycles. The molecule has 4 rings (SSSR count). The fourth-order valence-corrected chi connectivity index (χ4v) is 2.78. The quantitative estimate of drug-likeness (QED) is 0.550. The van der Waals surface area contributed by atoms with E-state index in [9.17, 15) is 18.0 Å². The van der Waals surface area contributed by atoms with Gasteiger partial charge in [-0.25, -0.2) is 17.9 Å². The Morgan fingerprint density at radius 2 is 1.55 bits per heavy atom. The maximum absolute atomic E-state index is 13.8. The molecule has 0 aliphatic heterocycles. The molecule has 1 amide bonds. The zero-order valence-corrected chi connectivity index (χ0v) is 14.8. The van der Waals surface area contributed by atoms with E-state index in [0.717, 1.165) is 18.2 Å². The molecule has 0 radical (unpaired) electrons. The van der Waals surface area contributed by atoms with E-state index in [0.29, 0.717) is 16.9 Å². The standard InChI is InChI=1S/C21H13F3N4O/c22-14-1-4-16(5-2-14)28-20(13-7-9-25-10-8-13)12-19(27-28)21(29)26-18-11-15(23)3-6-17(18)24/h1-12H,(H,26,29). The van der Waals surface area contributed by atoms with Gasteiger partial charge in [0.1, 0.15) is 17.5 Å². The molecule has 2 heterocycles. The van der Waals surface area contributed by atoms with Crippen LogP contribution in [0.2, 0.25) is 0 Å². The predicted molar refractivity (Wildman–Crippen MR) is 101 cm³/mol. The number of halogens is 3. The number of carbonyl (C=O) groups excluding carboxylic acids is 1. The fraction of sp³-hybridized carbons (Fsp3) is 0. The van der Waals surface area contributed by atoms with Crippen molar-refractivity contribution < 1.29 is 18.0 Å². The van der Waals surface area contributed by atoms with Crippen LogP contribution in [0.4, 0.5) is 18.9 Å². The summed E-state index contributed by atoms with van der Waals surface area (Å²) in [7, 11) is 0. The van der Waals surface area contributed by atoms with E-state index >= 15 is 0 Å². The first-order valence-corrected chi connectivity index (χ1v) is 8.54. The van der Waals surface area contributed by atoms with Crippen molar-refractivity contribution in [2.24, 2.45) is 0 Å². The lowest BCUT2D eigenvalue weighted by atomic mass is 10.1. The van der Waals surface area contributed by atoms with Crippen LogP contribution in [0.15, 0.2) is 73.1 Å². The summed E-state index contributed by atoms with van der Waals surface area (Å²) in [6, 6.07) is 13.3. The van der Waals surface area contributed by atoms with Gasteiger partial charge in [-0.15, -0.1) is 0 Å². The largest absolute Gasteiger partial charge is 0.318 e. The van der Waals surface area contributed by atoms with Crippen molar-refractivity contribution in [1.29, 1.82) is 0 Å². The smallest absolute Gasteiger partial charge is 0.276 e. The van der Waals surface area contributed by atoms with Gasteiger partial charge in [-0.1, -0.05) is 0 Å². The van der Waals surface area contributed by atoms with Gasteiger partial charge in [0.2, 0.25) is 0 Å². The third kappa shape index (κ3) is 3.86. The number of pyridine rings is 1. The van der Waals surface area contributed by atoms with E-state index < -0.39 is 23.4 Å². The van der Waals surface area contributed by atoms with Crippen LogP contribution in [-0.2, 0) is 0 Å². The van der Waals surface area contributed by atoms with Crippen LogP contribution in [0, 0.1) is 17.5 Å². The number of benzene rings is 2. The molecule has 2 aromatic heterocycles. The molecule has 144 valence electrons. The van der Waals surface area contributed by atoms with Gasteiger partial charge < -0.3 is 5.32 Å². The molecule has 0 unspecified atom stereocenters. The monoisotopic (exact) mass is 394 g/mol. The number of hydrogen-bond acceptors (Lipinski definition) is 3. The molecule has 0 aliphatic carbocycles. The van der Waals surface area contributed by atoms with E-state index in [2.05, 4.69) is 15.4 Å². The van der Waals surface area contributed by atoms with Gasteiger partial charge >= 0.3 is 0 Å². The molecule has 1 N–H and O–H groups in total. The average molecular weight is 394 g/mol. The van der Waals surface area contributed by atoms with Crippen molar-refractivity contribution in [2.45, 2.75) is 0 Å². The number of nitrogens with one attached hydrogen (secondary N) is 1. The van der Waals surface area contributed by atoms with Crippen LogP contribution < -0.4 is 5.32 Å². The van der Waals surface area contributed by atoms with Crippen LogP contribution in [0.1, 0.15) is 10.5 Å². The zero-order valence-electron chi connectivity index (χ0n) is 14.8. The van der Waals surface area contributed by atoms with E-state index in [1.54, 1.807) is 24.5 Å². The summed E-state index contributed by atoms with van der Waals surface area (Å²) in [5, 5.41) is 6.60. The van der Waals surface area contributed by atoms with Gasteiger partial charge in [-0.05, 0) is 54.6 Å². The Morgan fingerprint density at radius 3 is 2.28 bits per heavy atom. The van der Waals surface area contributed by atoms with Crippen LogP contribution >= 0.6 is 0 Å². The number of amides is 1. The van der Waals surface area contributed by atoms with E-state index in [1.807, 2.05) is 0 Å². The third-order valence-corrected chi connectivity index (χ3v) is 4.17. The molecule has 29 heavy (non-hydrogen) atoms. The summed E-state index contributed by atoms with van der Waals surface area (Å²) in [4.78, 5) is 16.6. The van der Waals surface area contributed by atoms with Gasteiger partial charge in [-0.3, -0.25) is 9.78 Å². The zero-order chi connectivity index (χ0) is 20.4. The van der Waals surface area contributed by atoms with E-state index in [1.165, 1.54) is 35.0 Å². The summed E-state index contributed by atoms with van der Waals surface area (Å²) in [6.07, 6.45) is 3.17. The van der Waals surface area contributed by atoms with Crippen LogP contribution in [0.3, 0.4) is 0 Å². The second-order valence-corrected chi connectivity index (χ2v) is 6.12. The minimum Gasteiger partial charge on any atom is -0.318 e. The highest BCUT2D eigenvalue weighted by atomic mass is 19.1. The molecular formula is C21H13F3N4O. The minimum absolute atomic E-state index is 0.0233. The summed E-state index contributed by atoms with van der Waals surface area (Å²) in [5.41, 5.74) is 1.47. The topological polar surface area (TPSA) is 59.8 Å². The first-order chi connectivity index (χ1) is 14.0. The second kappa shape index (κ2) is 7.59. The molecule has 0 saturated heterocycles. The Labute approximate surface area is 163 Å². The van der Waals surface area contributed by atoms with E-state index in [-0.39, 0.29) is 11.4 Å². The Morgan fingerprint density at radius 1 is 0.862 bits per heavy atom. The SMILES string of the molecule is O=C(Nc1cc(F)ccc1F)c1cc(-c2ccncc2)n(-c2ccc(F)cc2)n1. The van der Waals surface area contributed by atoms with Crippen molar-refractivity contribution in [3.63, 3.8) is 0 Å². The van der Waals surface area contributed by atoms with Crippen molar-refractivity contribution >= 4 is 11.6 Å². The molecule has 8 heteroatoms. The first-order valence-electron chi connectivity index (χ1n) is 8.54. The maximum atomic E-state index is 13.8. The second-order valence-electron chi connectivity index (χ2n) is 6.12.